The molecule has 1 heterocycles. The van der Waals surface area contributed by atoms with E-state index in [1.165, 1.54) is 16.8 Å². The topological polar surface area (TPSA) is 3.24 Å². The zero-order valence-corrected chi connectivity index (χ0v) is 11.9. The van der Waals surface area contributed by atoms with E-state index in [1.54, 1.807) is 0 Å². The van der Waals surface area contributed by atoms with Gasteiger partial charge in [-0.25, -0.2) is 0 Å². The SMILES string of the molecule is C[C@H]1CC(C)(c2ccccc2)N(C)c2ccccc21. The highest BCUT2D eigenvalue weighted by Crippen LogP contribution is 2.47. The van der Waals surface area contributed by atoms with Gasteiger partial charge >= 0.3 is 0 Å². The number of anilines is 1. The van der Waals surface area contributed by atoms with Crippen LogP contribution < -0.4 is 4.90 Å². The van der Waals surface area contributed by atoms with Crippen molar-refractivity contribution in [3.8, 4) is 0 Å². The molecule has 0 aromatic heterocycles. The summed E-state index contributed by atoms with van der Waals surface area (Å²) in [5.74, 6) is 0.595. The van der Waals surface area contributed by atoms with E-state index >= 15 is 0 Å². The van der Waals surface area contributed by atoms with Crippen molar-refractivity contribution < 1.29 is 0 Å². The molecule has 0 saturated carbocycles. The highest BCUT2D eigenvalue weighted by Gasteiger charge is 2.38. The zero-order valence-electron chi connectivity index (χ0n) is 11.9. The Balaban J connectivity index is 2.12. The molecule has 2 aromatic rings. The van der Waals surface area contributed by atoms with Crippen LogP contribution in [-0.4, -0.2) is 7.05 Å². The Morgan fingerprint density at radius 3 is 2.37 bits per heavy atom. The molecule has 1 aliphatic heterocycles. The Bertz CT molecular complexity index is 575. The Morgan fingerprint density at radius 1 is 1.00 bits per heavy atom. The van der Waals surface area contributed by atoms with Crippen LogP contribution in [0.3, 0.4) is 0 Å². The quantitative estimate of drug-likeness (QED) is 0.719. The molecule has 0 spiro atoms. The molecule has 0 N–H and O–H groups in total. The Labute approximate surface area is 115 Å². The number of hydrogen-bond donors (Lipinski definition) is 0. The Hall–Kier alpha value is -1.76. The second kappa shape index (κ2) is 4.41. The largest absolute Gasteiger partial charge is 0.365 e. The summed E-state index contributed by atoms with van der Waals surface area (Å²) in [4.78, 5) is 2.44. The lowest BCUT2D eigenvalue weighted by Gasteiger charge is -2.48. The number of rotatable bonds is 1. The van der Waals surface area contributed by atoms with E-state index in [0.29, 0.717) is 5.92 Å². The van der Waals surface area contributed by atoms with Crippen molar-refractivity contribution in [2.24, 2.45) is 0 Å². The fourth-order valence-corrected chi connectivity index (χ4v) is 3.43. The van der Waals surface area contributed by atoms with Gasteiger partial charge in [0.05, 0.1) is 5.54 Å². The van der Waals surface area contributed by atoms with Crippen molar-refractivity contribution in [2.45, 2.75) is 31.7 Å². The highest BCUT2D eigenvalue weighted by atomic mass is 15.2. The van der Waals surface area contributed by atoms with Gasteiger partial charge in [0.25, 0.3) is 0 Å². The standard InChI is InChI=1S/C18H21N/c1-14-13-18(2,15-9-5-4-6-10-15)19(3)17-12-8-7-11-16(14)17/h4-12,14H,13H2,1-3H3/t14-,18?/m0/s1. The minimum atomic E-state index is 0.0784. The maximum absolute atomic E-state index is 2.44. The summed E-state index contributed by atoms with van der Waals surface area (Å²) in [6.45, 7) is 4.70. The Morgan fingerprint density at radius 2 is 1.63 bits per heavy atom. The second-order valence-corrected chi connectivity index (χ2v) is 5.86. The molecule has 19 heavy (non-hydrogen) atoms. The van der Waals surface area contributed by atoms with Gasteiger partial charge in [-0.05, 0) is 36.5 Å². The number of hydrogen-bond acceptors (Lipinski definition) is 1. The third-order valence-electron chi connectivity index (χ3n) is 4.67. The van der Waals surface area contributed by atoms with Crippen LogP contribution in [0.25, 0.3) is 0 Å². The summed E-state index contributed by atoms with van der Waals surface area (Å²) in [6.07, 6.45) is 1.16. The molecule has 98 valence electrons. The van der Waals surface area contributed by atoms with Crippen molar-refractivity contribution in [1.29, 1.82) is 0 Å². The normalized spacial score (nSPS) is 26.1. The van der Waals surface area contributed by atoms with Crippen LogP contribution in [0.2, 0.25) is 0 Å². The molecule has 0 fully saturated rings. The van der Waals surface area contributed by atoms with Crippen LogP contribution in [0.15, 0.2) is 54.6 Å². The number of nitrogens with zero attached hydrogens (tertiary/aromatic N) is 1. The lowest BCUT2D eigenvalue weighted by atomic mass is 9.75. The number of benzene rings is 2. The molecular formula is C18H21N. The smallest absolute Gasteiger partial charge is 0.0628 e. The van der Waals surface area contributed by atoms with Gasteiger partial charge in [-0.1, -0.05) is 55.5 Å². The van der Waals surface area contributed by atoms with Crippen molar-refractivity contribution >= 4 is 5.69 Å². The molecule has 1 unspecified atom stereocenters. The third kappa shape index (κ3) is 1.85. The van der Waals surface area contributed by atoms with Gasteiger partial charge in [-0.2, -0.15) is 0 Å². The average molecular weight is 251 g/mol. The van der Waals surface area contributed by atoms with Crippen molar-refractivity contribution in [3.05, 3.63) is 65.7 Å². The summed E-state index contributed by atoms with van der Waals surface area (Å²) in [7, 11) is 2.22. The van der Waals surface area contributed by atoms with E-state index in [-0.39, 0.29) is 5.54 Å². The van der Waals surface area contributed by atoms with Gasteiger partial charge in [0.15, 0.2) is 0 Å². The van der Waals surface area contributed by atoms with Gasteiger partial charge in [-0.3, -0.25) is 0 Å². The third-order valence-corrected chi connectivity index (χ3v) is 4.67. The minimum absolute atomic E-state index is 0.0784. The second-order valence-electron chi connectivity index (χ2n) is 5.86. The minimum Gasteiger partial charge on any atom is -0.365 e. The van der Waals surface area contributed by atoms with Crippen molar-refractivity contribution in [2.75, 3.05) is 11.9 Å². The molecule has 2 atom stereocenters. The first-order valence-corrected chi connectivity index (χ1v) is 7.01. The molecule has 2 aromatic carbocycles. The molecule has 0 radical (unpaired) electrons. The summed E-state index contributed by atoms with van der Waals surface area (Å²) >= 11 is 0. The fraction of sp³-hybridized carbons (Fsp3) is 0.333. The monoisotopic (exact) mass is 251 g/mol. The fourth-order valence-electron chi connectivity index (χ4n) is 3.43. The zero-order chi connectivity index (χ0) is 13.5. The number of para-hydroxylation sites is 1. The van der Waals surface area contributed by atoms with E-state index in [2.05, 4.69) is 80.4 Å². The molecule has 1 heteroatoms. The van der Waals surface area contributed by atoms with Crippen LogP contribution in [0, 0.1) is 0 Å². The van der Waals surface area contributed by atoms with Gasteiger partial charge in [-0.15, -0.1) is 0 Å². The Kier molecular flexibility index (Phi) is 2.85. The molecule has 3 rings (SSSR count). The molecule has 0 amide bonds. The molecule has 0 aliphatic carbocycles. The van der Waals surface area contributed by atoms with E-state index in [1.807, 2.05) is 0 Å². The summed E-state index contributed by atoms with van der Waals surface area (Å²) in [6, 6.07) is 19.7. The summed E-state index contributed by atoms with van der Waals surface area (Å²) in [5, 5.41) is 0. The van der Waals surface area contributed by atoms with E-state index in [4.69, 9.17) is 0 Å². The van der Waals surface area contributed by atoms with Gasteiger partial charge in [0.1, 0.15) is 0 Å². The lowest BCUT2D eigenvalue weighted by Crippen LogP contribution is -2.45. The molecule has 0 saturated heterocycles. The first-order valence-electron chi connectivity index (χ1n) is 7.01. The average Bonchev–Trinajstić information content (AvgIpc) is 2.46. The maximum atomic E-state index is 2.44. The molecule has 1 nitrogen and oxygen atoms in total. The van der Waals surface area contributed by atoms with Crippen LogP contribution >= 0.6 is 0 Å². The van der Waals surface area contributed by atoms with Gasteiger partial charge in [0.2, 0.25) is 0 Å². The number of fused-ring (bicyclic) bond motifs is 1. The molecule has 0 bridgehead atoms. The van der Waals surface area contributed by atoms with Crippen molar-refractivity contribution in [1.82, 2.24) is 0 Å². The van der Waals surface area contributed by atoms with E-state index < -0.39 is 0 Å². The van der Waals surface area contributed by atoms with Crippen LogP contribution in [-0.2, 0) is 5.54 Å². The molecular weight excluding hydrogens is 230 g/mol. The predicted octanol–water partition coefficient (Wildman–Crippen LogP) is 4.55. The molecule has 1 aliphatic rings. The van der Waals surface area contributed by atoms with E-state index in [9.17, 15) is 0 Å². The lowest BCUT2D eigenvalue weighted by molar-refractivity contribution is 0.374. The summed E-state index contributed by atoms with van der Waals surface area (Å²) in [5.41, 5.74) is 4.32. The van der Waals surface area contributed by atoms with Crippen LogP contribution in [0.5, 0.6) is 0 Å². The van der Waals surface area contributed by atoms with Crippen molar-refractivity contribution in [3.63, 3.8) is 0 Å². The first-order chi connectivity index (χ1) is 9.13. The van der Waals surface area contributed by atoms with Gasteiger partial charge < -0.3 is 4.90 Å². The maximum Gasteiger partial charge on any atom is 0.0628 e. The predicted molar refractivity (Wildman–Crippen MR) is 81.7 cm³/mol. The summed E-state index contributed by atoms with van der Waals surface area (Å²) < 4.78 is 0. The first kappa shape index (κ1) is 12.3. The van der Waals surface area contributed by atoms with Gasteiger partial charge in [0, 0.05) is 12.7 Å². The van der Waals surface area contributed by atoms with E-state index in [0.717, 1.165) is 6.42 Å². The highest BCUT2D eigenvalue weighted by molar-refractivity contribution is 5.60. The van der Waals surface area contributed by atoms with Crippen LogP contribution in [0.4, 0.5) is 5.69 Å². The van der Waals surface area contributed by atoms with Crippen LogP contribution in [0.1, 0.15) is 37.3 Å².